The molecule has 1 atom stereocenters. The van der Waals surface area contributed by atoms with E-state index in [2.05, 4.69) is 20.6 Å². The van der Waals surface area contributed by atoms with E-state index in [0.29, 0.717) is 29.9 Å². The molecule has 0 aliphatic heterocycles. The summed E-state index contributed by atoms with van der Waals surface area (Å²) in [5.41, 5.74) is 2.54. The Bertz CT molecular complexity index is 1050. The summed E-state index contributed by atoms with van der Waals surface area (Å²) in [5.74, 6) is -0.309. The molecule has 0 bridgehead atoms. The maximum atomic E-state index is 12.3. The van der Waals surface area contributed by atoms with Gasteiger partial charge in [-0.05, 0) is 31.2 Å². The number of aromatic nitrogens is 4. The second kappa shape index (κ2) is 9.09. The molecule has 0 unspecified atom stereocenters. The molecule has 0 spiro atoms. The molecule has 2 heterocycles. The van der Waals surface area contributed by atoms with Gasteiger partial charge in [0, 0.05) is 36.5 Å². The van der Waals surface area contributed by atoms with Crippen LogP contribution in [0.5, 0.6) is 0 Å². The Balaban J connectivity index is 1.65. The topological polar surface area (TPSA) is 120 Å². The largest absolute Gasteiger partial charge is 0.396 e. The molecule has 0 radical (unpaired) electrons. The van der Waals surface area contributed by atoms with Gasteiger partial charge < -0.3 is 10.4 Å². The first-order valence-corrected chi connectivity index (χ1v) is 9.55. The Hall–Kier alpha value is -2.86. The van der Waals surface area contributed by atoms with Gasteiger partial charge in [-0.3, -0.25) is 14.6 Å². The zero-order chi connectivity index (χ0) is 21.0. The van der Waals surface area contributed by atoms with Crippen LogP contribution in [0.4, 0.5) is 0 Å². The first-order chi connectivity index (χ1) is 13.9. The highest BCUT2D eigenvalue weighted by Gasteiger charge is 2.15. The van der Waals surface area contributed by atoms with Crippen molar-refractivity contribution in [3.63, 3.8) is 0 Å². The van der Waals surface area contributed by atoms with Crippen molar-refractivity contribution in [1.29, 1.82) is 5.26 Å². The lowest BCUT2D eigenvalue weighted by molar-refractivity contribution is 0.0931. The standard InChI is InChI=1S/C19H18Cl2N6O2/c1-11(23-19(29)18-8-13(3-5-28)24-25-18)10-27-4-2-17(26-27)12-6-15(20)14(9-22)16(21)7-12/h2,4,6-8,11,28H,3,5,10H2,1H3,(H,23,29)(H,24,25)/t11-/m0/s1. The molecule has 3 N–H and O–H groups in total. The second-order valence-electron chi connectivity index (χ2n) is 6.48. The van der Waals surface area contributed by atoms with Gasteiger partial charge in [0.15, 0.2) is 0 Å². The third-order valence-electron chi connectivity index (χ3n) is 4.17. The number of H-pyrrole nitrogens is 1. The zero-order valence-corrected chi connectivity index (χ0v) is 17.0. The van der Waals surface area contributed by atoms with Crippen LogP contribution in [0.25, 0.3) is 11.3 Å². The lowest BCUT2D eigenvalue weighted by atomic mass is 10.1. The summed E-state index contributed by atoms with van der Waals surface area (Å²) in [6.45, 7) is 2.28. The Labute approximate surface area is 177 Å². The number of benzene rings is 1. The van der Waals surface area contributed by atoms with Crippen molar-refractivity contribution in [2.75, 3.05) is 6.61 Å². The lowest BCUT2D eigenvalue weighted by Gasteiger charge is -2.13. The summed E-state index contributed by atoms with van der Waals surface area (Å²) >= 11 is 12.2. The quantitative estimate of drug-likeness (QED) is 0.529. The molecule has 29 heavy (non-hydrogen) atoms. The first-order valence-electron chi connectivity index (χ1n) is 8.80. The number of nitrogens with zero attached hydrogens (tertiary/aromatic N) is 4. The van der Waals surface area contributed by atoms with E-state index >= 15 is 0 Å². The average molecular weight is 433 g/mol. The number of aliphatic hydroxyl groups is 1. The fourth-order valence-corrected chi connectivity index (χ4v) is 3.37. The molecular weight excluding hydrogens is 415 g/mol. The molecule has 150 valence electrons. The van der Waals surface area contributed by atoms with Gasteiger partial charge in [0.1, 0.15) is 11.8 Å². The van der Waals surface area contributed by atoms with Gasteiger partial charge >= 0.3 is 0 Å². The van der Waals surface area contributed by atoms with Crippen molar-refractivity contribution in [2.24, 2.45) is 0 Å². The van der Waals surface area contributed by atoms with E-state index < -0.39 is 0 Å². The number of carbonyl (C=O) groups is 1. The fourth-order valence-electron chi connectivity index (χ4n) is 2.80. The molecule has 0 aliphatic rings. The minimum Gasteiger partial charge on any atom is -0.396 e. The number of aromatic amines is 1. The van der Waals surface area contributed by atoms with Crippen LogP contribution in [0.2, 0.25) is 10.0 Å². The molecule has 0 saturated carbocycles. The second-order valence-corrected chi connectivity index (χ2v) is 7.29. The van der Waals surface area contributed by atoms with Crippen LogP contribution >= 0.6 is 23.2 Å². The molecule has 1 amide bonds. The Morgan fingerprint density at radius 1 is 1.38 bits per heavy atom. The van der Waals surface area contributed by atoms with Crippen LogP contribution in [0.3, 0.4) is 0 Å². The number of nitriles is 1. The van der Waals surface area contributed by atoms with Crippen LogP contribution in [0.15, 0.2) is 30.5 Å². The van der Waals surface area contributed by atoms with Crippen LogP contribution in [0.1, 0.15) is 28.7 Å². The number of hydrogen-bond acceptors (Lipinski definition) is 5. The predicted molar refractivity (Wildman–Crippen MR) is 109 cm³/mol. The minimum absolute atomic E-state index is 0.0169. The molecule has 10 heteroatoms. The SMILES string of the molecule is C[C@@H](Cn1ccc(-c2cc(Cl)c(C#N)c(Cl)c2)n1)NC(=O)c1cc(CCO)[nH]n1. The number of halogens is 2. The van der Waals surface area contributed by atoms with E-state index in [0.717, 1.165) is 0 Å². The normalized spacial score (nSPS) is 11.8. The van der Waals surface area contributed by atoms with Crippen molar-refractivity contribution in [3.8, 4) is 17.3 Å². The van der Waals surface area contributed by atoms with E-state index in [1.165, 1.54) is 0 Å². The number of hydrogen-bond donors (Lipinski definition) is 3. The molecule has 1 aromatic carbocycles. The van der Waals surface area contributed by atoms with Crippen molar-refractivity contribution < 1.29 is 9.90 Å². The van der Waals surface area contributed by atoms with Crippen LogP contribution in [0, 0.1) is 11.3 Å². The van der Waals surface area contributed by atoms with Crippen LogP contribution in [-0.4, -0.2) is 43.6 Å². The molecular formula is C19H18Cl2N6O2. The number of aliphatic hydroxyl groups excluding tert-OH is 1. The van der Waals surface area contributed by atoms with Crippen molar-refractivity contribution in [1.82, 2.24) is 25.3 Å². The molecule has 8 nitrogen and oxygen atoms in total. The highest BCUT2D eigenvalue weighted by atomic mass is 35.5. The van der Waals surface area contributed by atoms with Gasteiger partial charge in [-0.25, -0.2) is 0 Å². The molecule has 0 aliphatic carbocycles. The van der Waals surface area contributed by atoms with Gasteiger partial charge in [-0.15, -0.1) is 0 Å². The van der Waals surface area contributed by atoms with Gasteiger partial charge in [0.25, 0.3) is 5.91 Å². The Kier molecular flexibility index (Phi) is 6.54. The number of carbonyl (C=O) groups excluding carboxylic acids is 1. The molecule has 0 fully saturated rings. The summed E-state index contributed by atoms with van der Waals surface area (Å²) < 4.78 is 1.70. The van der Waals surface area contributed by atoms with E-state index in [4.69, 9.17) is 33.6 Å². The lowest BCUT2D eigenvalue weighted by Crippen LogP contribution is -2.36. The van der Waals surface area contributed by atoms with E-state index in [9.17, 15) is 4.79 Å². The average Bonchev–Trinajstić information content (AvgIpc) is 3.31. The third-order valence-corrected chi connectivity index (χ3v) is 4.77. The van der Waals surface area contributed by atoms with E-state index in [-0.39, 0.29) is 39.9 Å². The minimum atomic E-state index is -0.309. The zero-order valence-electron chi connectivity index (χ0n) is 15.5. The monoisotopic (exact) mass is 432 g/mol. The molecule has 2 aromatic heterocycles. The summed E-state index contributed by atoms with van der Waals surface area (Å²) in [6.07, 6.45) is 2.20. The summed E-state index contributed by atoms with van der Waals surface area (Å²) in [6, 6.07) is 8.46. The van der Waals surface area contributed by atoms with Crippen molar-refractivity contribution in [2.45, 2.75) is 25.9 Å². The van der Waals surface area contributed by atoms with Gasteiger partial charge in [-0.2, -0.15) is 15.5 Å². The van der Waals surface area contributed by atoms with Gasteiger partial charge in [0.05, 0.1) is 27.8 Å². The van der Waals surface area contributed by atoms with E-state index in [1.807, 2.05) is 13.0 Å². The van der Waals surface area contributed by atoms with Crippen molar-refractivity contribution in [3.05, 3.63) is 57.5 Å². The molecule has 0 saturated heterocycles. The maximum absolute atomic E-state index is 12.3. The van der Waals surface area contributed by atoms with Crippen molar-refractivity contribution >= 4 is 29.1 Å². The highest BCUT2D eigenvalue weighted by molar-refractivity contribution is 6.37. The molecule has 3 aromatic rings. The van der Waals surface area contributed by atoms with Gasteiger partial charge in [-0.1, -0.05) is 23.2 Å². The summed E-state index contributed by atoms with van der Waals surface area (Å²) in [7, 11) is 0. The maximum Gasteiger partial charge on any atom is 0.272 e. The summed E-state index contributed by atoms with van der Waals surface area (Å²) in [5, 5.41) is 32.5. The van der Waals surface area contributed by atoms with E-state index in [1.54, 1.807) is 35.1 Å². The van der Waals surface area contributed by atoms with Crippen LogP contribution in [-0.2, 0) is 13.0 Å². The Morgan fingerprint density at radius 3 is 2.76 bits per heavy atom. The third kappa shape index (κ3) is 4.95. The highest BCUT2D eigenvalue weighted by Crippen LogP contribution is 2.30. The first kappa shape index (κ1) is 20.9. The Morgan fingerprint density at radius 2 is 2.10 bits per heavy atom. The number of rotatable bonds is 7. The van der Waals surface area contributed by atoms with Crippen LogP contribution < -0.4 is 5.32 Å². The smallest absolute Gasteiger partial charge is 0.272 e. The summed E-state index contributed by atoms with van der Waals surface area (Å²) in [4.78, 5) is 12.3. The number of amides is 1. The molecule has 3 rings (SSSR count). The van der Waals surface area contributed by atoms with Gasteiger partial charge in [0.2, 0.25) is 0 Å². The predicted octanol–water partition coefficient (Wildman–Crippen LogP) is 2.80. The number of nitrogens with one attached hydrogen (secondary N) is 2. The fraction of sp³-hybridized carbons (Fsp3) is 0.263.